The minimum atomic E-state index is -0.247. The lowest BCUT2D eigenvalue weighted by Gasteiger charge is -2.38. The van der Waals surface area contributed by atoms with Crippen LogP contribution in [0.25, 0.3) is 0 Å². The van der Waals surface area contributed by atoms with Gasteiger partial charge >= 0.3 is 0 Å². The van der Waals surface area contributed by atoms with E-state index in [2.05, 4.69) is 40.9 Å². The summed E-state index contributed by atoms with van der Waals surface area (Å²) in [7, 11) is 0. The van der Waals surface area contributed by atoms with Gasteiger partial charge in [-0.1, -0.05) is 25.1 Å². The van der Waals surface area contributed by atoms with E-state index in [1.807, 2.05) is 32.0 Å². The summed E-state index contributed by atoms with van der Waals surface area (Å²) in [4.78, 5) is 16.3. The Bertz CT molecular complexity index is 634. The molecule has 0 aliphatic carbocycles. The van der Waals surface area contributed by atoms with E-state index in [9.17, 15) is 4.79 Å². The van der Waals surface area contributed by atoms with Crippen LogP contribution in [-0.4, -0.2) is 37.1 Å². The second-order valence-corrected chi connectivity index (χ2v) is 7.16. The highest BCUT2D eigenvalue weighted by Crippen LogP contribution is 2.39. The average Bonchev–Trinajstić information content (AvgIpc) is 2.59. The van der Waals surface area contributed by atoms with Gasteiger partial charge in [0.25, 0.3) is 0 Å². The van der Waals surface area contributed by atoms with Gasteiger partial charge in [-0.2, -0.15) is 0 Å². The van der Waals surface area contributed by atoms with Crippen molar-refractivity contribution < 1.29 is 9.53 Å². The highest BCUT2D eigenvalue weighted by molar-refractivity contribution is 14.0. The van der Waals surface area contributed by atoms with Crippen LogP contribution in [0.1, 0.15) is 58.6 Å². The molecule has 27 heavy (non-hydrogen) atoms. The minimum Gasteiger partial charge on any atom is -0.487 e. The Labute approximate surface area is 179 Å². The third-order valence-corrected chi connectivity index (χ3v) is 4.21. The van der Waals surface area contributed by atoms with Gasteiger partial charge in [0.2, 0.25) is 5.91 Å². The first-order valence-corrected chi connectivity index (χ1v) is 9.54. The molecule has 0 saturated heterocycles. The fourth-order valence-electron chi connectivity index (χ4n) is 3.04. The van der Waals surface area contributed by atoms with Crippen LogP contribution >= 0.6 is 24.0 Å². The van der Waals surface area contributed by atoms with Gasteiger partial charge in [0, 0.05) is 31.5 Å². The van der Waals surface area contributed by atoms with Gasteiger partial charge in [0.15, 0.2) is 5.96 Å². The summed E-state index contributed by atoms with van der Waals surface area (Å²) in [6, 6.07) is 8.22. The van der Waals surface area contributed by atoms with Crippen LogP contribution in [0.15, 0.2) is 29.3 Å². The fraction of sp³-hybridized carbons (Fsp3) is 0.600. The Kier molecular flexibility index (Phi) is 9.90. The molecule has 3 N–H and O–H groups in total. The van der Waals surface area contributed by atoms with Crippen molar-refractivity contribution in [2.45, 2.75) is 58.6 Å². The highest BCUT2D eigenvalue weighted by Gasteiger charge is 2.33. The van der Waals surface area contributed by atoms with Crippen molar-refractivity contribution in [3.8, 4) is 5.75 Å². The van der Waals surface area contributed by atoms with E-state index in [-0.39, 0.29) is 41.5 Å². The Hall–Kier alpha value is -1.51. The van der Waals surface area contributed by atoms with Crippen molar-refractivity contribution in [1.29, 1.82) is 0 Å². The van der Waals surface area contributed by atoms with Crippen LogP contribution < -0.4 is 20.7 Å². The first-order valence-electron chi connectivity index (χ1n) is 9.54. The van der Waals surface area contributed by atoms with Gasteiger partial charge in [0.1, 0.15) is 11.4 Å². The molecule has 0 bridgehead atoms. The van der Waals surface area contributed by atoms with E-state index in [1.165, 1.54) is 0 Å². The number of carbonyl (C=O) groups is 1. The number of amides is 1. The molecule has 0 saturated carbocycles. The van der Waals surface area contributed by atoms with Crippen LogP contribution in [0.2, 0.25) is 0 Å². The number of fused-ring (bicyclic) bond motifs is 1. The average molecular weight is 488 g/mol. The van der Waals surface area contributed by atoms with Crippen molar-refractivity contribution >= 4 is 35.8 Å². The standard InChI is InChI=1S/C20H32N4O2.HI/c1-5-12-22-18(25)11-13-23-19(21-6-2)24-16-14-20(3,4)26-17-10-8-7-9-15(16)17;/h7-10,16H,5-6,11-14H2,1-4H3,(H,22,25)(H2,21,23,24);1H. The van der Waals surface area contributed by atoms with Crippen LogP contribution in [0.4, 0.5) is 0 Å². The first kappa shape index (κ1) is 23.5. The summed E-state index contributed by atoms with van der Waals surface area (Å²) < 4.78 is 6.09. The van der Waals surface area contributed by atoms with Crippen molar-refractivity contribution in [2.75, 3.05) is 19.6 Å². The monoisotopic (exact) mass is 488 g/mol. The largest absolute Gasteiger partial charge is 0.487 e. The molecule has 1 aromatic rings. The molecule has 1 aliphatic rings. The molecule has 152 valence electrons. The number of hydrogen-bond acceptors (Lipinski definition) is 3. The summed E-state index contributed by atoms with van der Waals surface area (Å²) in [5, 5.41) is 9.66. The Morgan fingerprint density at radius 2 is 2.00 bits per heavy atom. The maximum atomic E-state index is 11.7. The molecule has 1 amide bonds. The van der Waals surface area contributed by atoms with Gasteiger partial charge in [-0.3, -0.25) is 9.79 Å². The van der Waals surface area contributed by atoms with Gasteiger partial charge in [-0.05, 0) is 33.3 Å². The number of nitrogens with zero attached hydrogens (tertiary/aromatic N) is 1. The molecule has 6 nitrogen and oxygen atoms in total. The molecule has 1 heterocycles. The summed E-state index contributed by atoms with van der Waals surface area (Å²) in [5.41, 5.74) is 0.891. The van der Waals surface area contributed by atoms with Gasteiger partial charge in [-0.25, -0.2) is 0 Å². The third kappa shape index (κ3) is 7.56. The van der Waals surface area contributed by atoms with E-state index < -0.39 is 0 Å². The molecule has 7 heteroatoms. The normalized spacial score (nSPS) is 17.8. The number of hydrogen-bond donors (Lipinski definition) is 3. The Morgan fingerprint density at radius 1 is 1.26 bits per heavy atom. The lowest BCUT2D eigenvalue weighted by Crippen LogP contribution is -2.45. The predicted molar refractivity (Wildman–Crippen MR) is 121 cm³/mol. The molecule has 0 fully saturated rings. The predicted octanol–water partition coefficient (Wildman–Crippen LogP) is 3.38. The summed E-state index contributed by atoms with van der Waals surface area (Å²) in [5.74, 6) is 1.69. The summed E-state index contributed by atoms with van der Waals surface area (Å²) in [6.45, 7) is 10.2. The number of para-hydroxylation sites is 1. The first-order chi connectivity index (χ1) is 12.4. The molecule has 1 aromatic carbocycles. The number of halogens is 1. The summed E-state index contributed by atoms with van der Waals surface area (Å²) >= 11 is 0. The van der Waals surface area contributed by atoms with Crippen molar-refractivity contribution in [3.63, 3.8) is 0 Å². The second kappa shape index (κ2) is 11.4. The zero-order valence-corrected chi connectivity index (χ0v) is 19.1. The maximum Gasteiger partial charge on any atom is 0.221 e. The maximum absolute atomic E-state index is 11.7. The SMILES string of the molecule is CCCNC(=O)CCN=C(NCC)NC1CC(C)(C)Oc2ccccc21.I. The smallest absolute Gasteiger partial charge is 0.221 e. The highest BCUT2D eigenvalue weighted by atomic mass is 127. The van der Waals surface area contributed by atoms with E-state index in [0.717, 1.165) is 43.2 Å². The van der Waals surface area contributed by atoms with E-state index >= 15 is 0 Å². The van der Waals surface area contributed by atoms with Gasteiger partial charge in [-0.15, -0.1) is 24.0 Å². The zero-order valence-electron chi connectivity index (χ0n) is 16.8. The molecular weight excluding hydrogens is 455 g/mol. The molecule has 1 atom stereocenters. The van der Waals surface area contributed by atoms with Crippen LogP contribution in [0.5, 0.6) is 5.75 Å². The number of ether oxygens (including phenoxy) is 1. The van der Waals surface area contributed by atoms with Crippen LogP contribution in [-0.2, 0) is 4.79 Å². The zero-order chi connectivity index (χ0) is 19.0. The number of benzene rings is 1. The van der Waals surface area contributed by atoms with E-state index in [1.54, 1.807) is 0 Å². The van der Waals surface area contributed by atoms with E-state index in [0.29, 0.717) is 13.0 Å². The van der Waals surface area contributed by atoms with Gasteiger partial charge < -0.3 is 20.7 Å². The molecule has 2 rings (SSSR count). The van der Waals surface area contributed by atoms with Crippen LogP contribution in [0, 0.1) is 0 Å². The quantitative estimate of drug-likeness (QED) is 0.313. The summed E-state index contributed by atoms with van der Waals surface area (Å²) in [6.07, 6.45) is 2.18. The Balaban J connectivity index is 0.00000364. The number of aliphatic imine (C=N–C) groups is 1. The topological polar surface area (TPSA) is 74.8 Å². The minimum absolute atomic E-state index is 0. The molecule has 0 radical (unpaired) electrons. The lowest BCUT2D eigenvalue weighted by molar-refractivity contribution is -0.120. The molecular formula is C20H33IN4O2. The molecule has 0 aromatic heterocycles. The second-order valence-electron chi connectivity index (χ2n) is 7.16. The fourth-order valence-corrected chi connectivity index (χ4v) is 3.04. The van der Waals surface area contributed by atoms with Crippen molar-refractivity contribution in [2.24, 2.45) is 4.99 Å². The Morgan fingerprint density at radius 3 is 2.70 bits per heavy atom. The molecule has 1 unspecified atom stereocenters. The number of carbonyl (C=O) groups excluding carboxylic acids is 1. The van der Waals surface area contributed by atoms with E-state index in [4.69, 9.17) is 4.74 Å². The van der Waals surface area contributed by atoms with Crippen molar-refractivity contribution in [3.05, 3.63) is 29.8 Å². The number of guanidine groups is 1. The third-order valence-electron chi connectivity index (χ3n) is 4.21. The molecule has 0 spiro atoms. The molecule has 1 aliphatic heterocycles. The number of nitrogens with one attached hydrogen (secondary N) is 3. The lowest BCUT2D eigenvalue weighted by atomic mass is 9.90. The van der Waals surface area contributed by atoms with Crippen molar-refractivity contribution in [1.82, 2.24) is 16.0 Å². The van der Waals surface area contributed by atoms with Crippen LogP contribution in [0.3, 0.4) is 0 Å². The number of rotatable bonds is 7. The van der Waals surface area contributed by atoms with Gasteiger partial charge in [0.05, 0.1) is 12.6 Å².